The van der Waals surface area contributed by atoms with Crippen LogP contribution >= 0.6 is 21.6 Å². The first-order valence-corrected chi connectivity index (χ1v) is 22.5. The fourth-order valence-corrected chi connectivity index (χ4v) is 14.1. The number of nitrogens with one attached hydrogen (secondary N) is 2. The minimum absolute atomic E-state index is 0.0917. The van der Waals surface area contributed by atoms with Crippen LogP contribution in [0.25, 0.3) is 0 Å². The molecule has 12 heteroatoms. The SMILES string of the molecule is CC(C)C12OC1C1OC13C1(C)CCC4=C(COC4=O)C1CC1OC13C2OC(=O)NCCCCCCCCCCNC(=O)CCCCC1CCSS1. The first-order valence-electron chi connectivity index (χ1n) is 20.1. The van der Waals surface area contributed by atoms with E-state index < -0.39 is 29.0 Å². The lowest BCUT2D eigenvalue weighted by molar-refractivity contribution is -0.136. The lowest BCUT2D eigenvalue weighted by atomic mass is 9.46. The van der Waals surface area contributed by atoms with E-state index in [0.717, 1.165) is 80.7 Å². The molecule has 284 valence electrons. The zero-order valence-electron chi connectivity index (χ0n) is 30.8. The van der Waals surface area contributed by atoms with E-state index in [-0.39, 0.29) is 47.4 Å². The number of unbranched alkanes of at least 4 members (excludes halogenated alkanes) is 8. The van der Waals surface area contributed by atoms with Gasteiger partial charge in [0.05, 0.1) is 6.10 Å². The Bertz CT molecular complexity index is 1400. The van der Waals surface area contributed by atoms with Gasteiger partial charge in [-0.1, -0.05) is 87.3 Å². The van der Waals surface area contributed by atoms with Crippen LogP contribution in [0.4, 0.5) is 4.79 Å². The van der Waals surface area contributed by atoms with Crippen molar-refractivity contribution in [2.75, 3.05) is 25.4 Å². The van der Waals surface area contributed by atoms with Crippen molar-refractivity contribution in [2.45, 2.75) is 170 Å². The average molecular weight is 747 g/mol. The molecule has 5 heterocycles. The molecule has 8 aliphatic rings. The molecule has 5 aliphatic heterocycles. The van der Waals surface area contributed by atoms with Crippen LogP contribution in [0, 0.1) is 17.3 Å². The third-order valence-electron chi connectivity index (χ3n) is 13.9. The summed E-state index contributed by atoms with van der Waals surface area (Å²) in [6.07, 6.45) is 15.3. The molecule has 3 aliphatic carbocycles. The number of alkyl carbamates (subject to hydrolysis) is 1. The second-order valence-electron chi connectivity index (χ2n) is 17.0. The highest BCUT2D eigenvalue weighted by Gasteiger charge is 3.01. The number of cyclic esters (lactones) is 1. The van der Waals surface area contributed by atoms with E-state index in [2.05, 4.69) is 31.4 Å². The number of amides is 2. The topological polar surface area (TPSA) is 131 Å². The number of carbonyl (C=O) groups excluding carboxylic acids is 3. The molecule has 2 N–H and O–H groups in total. The second kappa shape index (κ2) is 14.3. The summed E-state index contributed by atoms with van der Waals surface area (Å²) in [5.41, 5.74) is -0.200. The molecule has 10 atom stereocenters. The third kappa shape index (κ3) is 6.07. The zero-order chi connectivity index (χ0) is 35.4. The number of hydrogen-bond donors (Lipinski definition) is 2. The highest BCUT2D eigenvalue weighted by atomic mass is 33.1. The Morgan fingerprint density at radius 3 is 2.41 bits per heavy atom. The molecule has 0 aromatic rings. The fraction of sp³-hybridized carbons (Fsp3) is 0.872. The molecule has 0 bridgehead atoms. The van der Waals surface area contributed by atoms with Gasteiger partial charge in [-0.3, -0.25) is 4.79 Å². The van der Waals surface area contributed by atoms with Gasteiger partial charge in [-0.2, -0.15) is 0 Å². The molecular weight excluding hydrogens is 689 g/mol. The molecule has 8 rings (SSSR count). The van der Waals surface area contributed by atoms with Gasteiger partial charge < -0.3 is 34.3 Å². The van der Waals surface area contributed by atoms with E-state index in [0.29, 0.717) is 26.0 Å². The van der Waals surface area contributed by atoms with E-state index in [1.54, 1.807) is 0 Å². The highest BCUT2D eigenvalue weighted by Crippen LogP contribution is 2.83. The molecule has 2 spiro atoms. The molecule has 2 amide bonds. The Morgan fingerprint density at radius 1 is 0.941 bits per heavy atom. The van der Waals surface area contributed by atoms with Gasteiger partial charge in [0.15, 0.2) is 11.7 Å². The van der Waals surface area contributed by atoms with Crippen molar-refractivity contribution in [3.8, 4) is 0 Å². The van der Waals surface area contributed by atoms with Crippen molar-refractivity contribution < 1.29 is 38.1 Å². The Kier molecular flexibility index (Phi) is 10.2. The van der Waals surface area contributed by atoms with Gasteiger partial charge >= 0.3 is 12.1 Å². The molecule has 10 nitrogen and oxygen atoms in total. The Balaban J connectivity index is 0.732. The number of epoxide rings is 3. The van der Waals surface area contributed by atoms with Crippen molar-refractivity contribution in [3.05, 3.63) is 11.1 Å². The number of fused-ring (bicyclic) bond motifs is 4. The molecule has 10 unspecified atom stereocenters. The standard InChI is InChI=1S/C39H58N2O8S2/c1-24(2)37-31(48-37)32-39(49-32)36(3)18-16-26-27(23-45-33(26)43)28(36)22-29-38(39,47-29)34(37)46-35(44)41-20-13-9-7-5-4-6-8-12-19-40-30(42)15-11-10-14-25-17-21-50-51-25/h24-25,28-29,31-32,34H,4-23H2,1-3H3,(H,40,42)(H,41,44). The van der Waals surface area contributed by atoms with Crippen molar-refractivity contribution >= 4 is 39.6 Å². The normalized spacial score (nSPS) is 40.7. The van der Waals surface area contributed by atoms with Crippen LogP contribution in [0.3, 0.4) is 0 Å². The number of rotatable bonds is 18. The number of carbonyl (C=O) groups is 3. The monoisotopic (exact) mass is 746 g/mol. The van der Waals surface area contributed by atoms with Crippen LogP contribution in [0.5, 0.6) is 0 Å². The molecule has 2 saturated carbocycles. The van der Waals surface area contributed by atoms with Gasteiger partial charge in [-0.15, -0.1) is 0 Å². The molecule has 0 aromatic carbocycles. The van der Waals surface area contributed by atoms with Crippen molar-refractivity contribution in [1.29, 1.82) is 0 Å². The average Bonchev–Trinajstić information content (AvgIpc) is 4.05. The maximum atomic E-state index is 13.4. The van der Waals surface area contributed by atoms with Gasteiger partial charge in [0.25, 0.3) is 0 Å². The Hall–Kier alpha value is -1.47. The van der Waals surface area contributed by atoms with E-state index >= 15 is 0 Å². The van der Waals surface area contributed by atoms with Crippen LogP contribution in [0.2, 0.25) is 0 Å². The third-order valence-corrected chi connectivity index (χ3v) is 16.9. The highest BCUT2D eigenvalue weighted by molar-refractivity contribution is 8.77. The van der Waals surface area contributed by atoms with E-state index in [4.69, 9.17) is 23.7 Å². The van der Waals surface area contributed by atoms with Crippen LogP contribution in [-0.2, 0) is 33.3 Å². The van der Waals surface area contributed by atoms with Crippen molar-refractivity contribution in [2.24, 2.45) is 17.3 Å². The molecule has 51 heavy (non-hydrogen) atoms. The van der Waals surface area contributed by atoms with E-state index in [9.17, 15) is 14.4 Å². The first-order chi connectivity index (χ1) is 24.7. The molecule has 6 fully saturated rings. The lowest BCUT2D eigenvalue weighted by Gasteiger charge is -2.53. The van der Waals surface area contributed by atoms with Gasteiger partial charge in [0.1, 0.15) is 30.0 Å². The summed E-state index contributed by atoms with van der Waals surface area (Å²) in [6.45, 7) is 8.31. The summed E-state index contributed by atoms with van der Waals surface area (Å²) in [6, 6.07) is 0. The summed E-state index contributed by atoms with van der Waals surface area (Å²) in [5, 5.41) is 6.94. The Morgan fingerprint density at radius 2 is 1.69 bits per heavy atom. The number of hydrogen-bond acceptors (Lipinski definition) is 10. The summed E-state index contributed by atoms with van der Waals surface area (Å²) in [4.78, 5) is 37.9. The quantitative estimate of drug-likeness (QED) is 0.0670. The minimum atomic E-state index is -0.725. The summed E-state index contributed by atoms with van der Waals surface area (Å²) >= 11 is 0. The molecule has 4 saturated heterocycles. The number of ether oxygens (including phenoxy) is 5. The minimum Gasteiger partial charge on any atom is -0.458 e. The largest absolute Gasteiger partial charge is 0.458 e. The maximum absolute atomic E-state index is 13.4. The van der Waals surface area contributed by atoms with Gasteiger partial charge in [0, 0.05) is 41.5 Å². The lowest BCUT2D eigenvalue weighted by Crippen LogP contribution is -2.70. The van der Waals surface area contributed by atoms with Crippen molar-refractivity contribution in [1.82, 2.24) is 10.6 Å². The van der Waals surface area contributed by atoms with Gasteiger partial charge in [-0.25, -0.2) is 9.59 Å². The maximum Gasteiger partial charge on any atom is 0.407 e. The van der Waals surface area contributed by atoms with E-state index in [1.807, 2.05) is 21.6 Å². The summed E-state index contributed by atoms with van der Waals surface area (Å²) < 4.78 is 31.9. The predicted octanol–water partition coefficient (Wildman–Crippen LogP) is 6.79. The first kappa shape index (κ1) is 36.5. The van der Waals surface area contributed by atoms with Gasteiger partial charge in [0.2, 0.25) is 5.91 Å². The fourth-order valence-electron chi connectivity index (χ4n) is 11.0. The second-order valence-corrected chi connectivity index (χ2v) is 19.8. The molecule has 0 radical (unpaired) electrons. The Labute approximate surface area is 311 Å². The van der Waals surface area contributed by atoms with E-state index in [1.165, 1.54) is 37.9 Å². The van der Waals surface area contributed by atoms with Crippen LogP contribution in [-0.4, -0.2) is 89.9 Å². The smallest absolute Gasteiger partial charge is 0.407 e. The molecular formula is C39H58N2O8S2. The number of esters is 1. The zero-order valence-corrected chi connectivity index (χ0v) is 32.4. The molecule has 0 aromatic heterocycles. The van der Waals surface area contributed by atoms with Crippen LogP contribution in [0.15, 0.2) is 11.1 Å². The predicted molar refractivity (Wildman–Crippen MR) is 196 cm³/mol. The summed E-state index contributed by atoms with van der Waals surface area (Å²) in [5.74, 6) is 1.60. The van der Waals surface area contributed by atoms with Crippen LogP contribution < -0.4 is 10.6 Å². The van der Waals surface area contributed by atoms with Gasteiger partial charge in [-0.05, 0) is 68.8 Å². The van der Waals surface area contributed by atoms with Crippen LogP contribution in [0.1, 0.15) is 124 Å². The van der Waals surface area contributed by atoms with Crippen molar-refractivity contribution in [3.63, 3.8) is 0 Å². The summed E-state index contributed by atoms with van der Waals surface area (Å²) in [7, 11) is 4.01.